The van der Waals surface area contributed by atoms with Crippen LogP contribution in [0.25, 0.3) is 0 Å². The van der Waals surface area contributed by atoms with Crippen LogP contribution in [0.2, 0.25) is 0 Å². The van der Waals surface area contributed by atoms with Gasteiger partial charge in [-0.15, -0.1) is 11.6 Å². The molecule has 2 heteroatoms. The molecule has 0 heterocycles. The zero-order chi connectivity index (χ0) is 9.52. The van der Waals surface area contributed by atoms with Crippen LogP contribution in [0.5, 0.6) is 0 Å². The number of unbranched alkanes of at least 4 members (excludes halogenated alkanes) is 3. The summed E-state index contributed by atoms with van der Waals surface area (Å²) in [6, 6.07) is 0. The van der Waals surface area contributed by atoms with Crippen molar-refractivity contribution in [2.75, 3.05) is 13.1 Å². The Balaban J connectivity index is 1.74. The van der Waals surface area contributed by atoms with Gasteiger partial charge in [0.05, 0.1) is 0 Å². The van der Waals surface area contributed by atoms with E-state index in [1.165, 1.54) is 51.6 Å². The van der Waals surface area contributed by atoms with Gasteiger partial charge in [0, 0.05) is 5.38 Å². The monoisotopic (exact) mass is 203 g/mol. The molecule has 0 aromatic heterocycles. The highest BCUT2D eigenvalue weighted by molar-refractivity contribution is 6.21. The smallest absolute Gasteiger partial charge is 0.0342 e. The second kappa shape index (κ2) is 6.67. The number of rotatable bonds is 7. The quantitative estimate of drug-likeness (QED) is 0.495. The standard InChI is InChI=1S/C11H22ClN/c1-2-3-4-5-6-13-9-10-7-11(12)8-10/h10-11,13H,2-9H2,1H3. The first-order valence-corrected chi connectivity index (χ1v) is 6.11. The van der Waals surface area contributed by atoms with Crippen LogP contribution in [0.1, 0.15) is 45.4 Å². The zero-order valence-electron chi connectivity index (χ0n) is 8.69. The van der Waals surface area contributed by atoms with Crippen LogP contribution in [-0.2, 0) is 0 Å². The van der Waals surface area contributed by atoms with Crippen LogP contribution in [-0.4, -0.2) is 18.5 Å². The molecule has 0 saturated heterocycles. The summed E-state index contributed by atoms with van der Waals surface area (Å²) in [5, 5.41) is 3.99. The largest absolute Gasteiger partial charge is 0.316 e. The fourth-order valence-electron chi connectivity index (χ4n) is 1.80. The van der Waals surface area contributed by atoms with E-state index in [-0.39, 0.29) is 0 Å². The average Bonchev–Trinajstić information content (AvgIpc) is 2.07. The van der Waals surface area contributed by atoms with E-state index < -0.39 is 0 Å². The van der Waals surface area contributed by atoms with Gasteiger partial charge < -0.3 is 5.32 Å². The average molecular weight is 204 g/mol. The third kappa shape index (κ3) is 4.87. The summed E-state index contributed by atoms with van der Waals surface area (Å²) in [4.78, 5) is 0. The lowest BCUT2D eigenvalue weighted by Crippen LogP contribution is -2.33. The Hall–Kier alpha value is 0.250. The Morgan fingerprint density at radius 3 is 2.62 bits per heavy atom. The number of halogens is 1. The number of hydrogen-bond acceptors (Lipinski definition) is 1. The predicted molar refractivity (Wildman–Crippen MR) is 59.4 cm³/mol. The van der Waals surface area contributed by atoms with Gasteiger partial charge in [0.2, 0.25) is 0 Å². The molecule has 0 atom stereocenters. The second-order valence-corrected chi connectivity index (χ2v) is 4.82. The van der Waals surface area contributed by atoms with Crippen molar-refractivity contribution in [2.24, 2.45) is 5.92 Å². The van der Waals surface area contributed by atoms with E-state index in [1.807, 2.05) is 0 Å². The van der Waals surface area contributed by atoms with Gasteiger partial charge in [-0.05, 0) is 38.3 Å². The van der Waals surface area contributed by atoms with Crippen molar-refractivity contribution in [3.05, 3.63) is 0 Å². The number of alkyl halides is 1. The van der Waals surface area contributed by atoms with Crippen LogP contribution < -0.4 is 5.32 Å². The maximum absolute atomic E-state index is 5.90. The van der Waals surface area contributed by atoms with E-state index in [0.717, 1.165) is 5.92 Å². The molecule has 0 aromatic rings. The van der Waals surface area contributed by atoms with Crippen LogP contribution in [0.4, 0.5) is 0 Å². The van der Waals surface area contributed by atoms with Crippen LogP contribution in [0.15, 0.2) is 0 Å². The van der Waals surface area contributed by atoms with Gasteiger partial charge in [-0.25, -0.2) is 0 Å². The van der Waals surface area contributed by atoms with Crippen molar-refractivity contribution in [1.82, 2.24) is 5.32 Å². The van der Waals surface area contributed by atoms with Crippen molar-refractivity contribution in [3.8, 4) is 0 Å². The molecule has 0 bridgehead atoms. The van der Waals surface area contributed by atoms with Gasteiger partial charge in [-0.3, -0.25) is 0 Å². The number of nitrogens with one attached hydrogen (secondary N) is 1. The van der Waals surface area contributed by atoms with Crippen LogP contribution in [0, 0.1) is 5.92 Å². The Morgan fingerprint density at radius 1 is 1.23 bits per heavy atom. The minimum absolute atomic E-state index is 0.479. The molecule has 1 aliphatic carbocycles. The lowest BCUT2D eigenvalue weighted by molar-refractivity contribution is 0.308. The van der Waals surface area contributed by atoms with Gasteiger partial charge in [-0.2, -0.15) is 0 Å². The molecule has 0 aromatic carbocycles. The summed E-state index contributed by atoms with van der Waals surface area (Å²) in [5.41, 5.74) is 0. The summed E-state index contributed by atoms with van der Waals surface area (Å²) in [7, 11) is 0. The first-order chi connectivity index (χ1) is 6.33. The molecule has 78 valence electrons. The maximum atomic E-state index is 5.90. The van der Waals surface area contributed by atoms with Gasteiger partial charge in [-0.1, -0.05) is 26.2 Å². The van der Waals surface area contributed by atoms with Crippen LogP contribution >= 0.6 is 11.6 Å². The van der Waals surface area contributed by atoms with Crippen molar-refractivity contribution in [2.45, 2.75) is 50.8 Å². The van der Waals surface area contributed by atoms with Gasteiger partial charge in [0.1, 0.15) is 0 Å². The van der Waals surface area contributed by atoms with Crippen molar-refractivity contribution >= 4 is 11.6 Å². The fourth-order valence-corrected chi connectivity index (χ4v) is 2.31. The molecular formula is C11H22ClN. The first kappa shape index (κ1) is 11.3. The molecule has 13 heavy (non-hydrogen) atoms. The molecule has 0 spiro atoms. The van der Waals surface area contributed by atoms with E-state index >= 15 is 0 Å². The van der Waals surface area contributed by atoms with E-state index in [0.29, 0.717) is 5.38 Å². The Morgan fingerprint density at radius 2 is 2.00 bits per heavy atom. The van der Waals surface area contributed by atoms with Crippen LogP contribution in [0.3, 0.4) is 0 Å². The molecule has 1 nitrogen and oxygen atoms in total. The molecule has 1 fully saturated rings. The fraction of sp³-hybridized carbons (Fsp3) is 1.00. The minimum atomic E-state index is 0.479. The topological polar surface area (TPSA) is 12.0 Å². The van der Waals surface area contributed by atoms with Gasteiger partial charge >= 0.3 is 0 Å². The van der Waals surface area contributed by atoms with Crippen molar-refractivity contribution in [1.29, 1.82) is 0 Å². The van der Waals surface area contributed by atoms with Gasteiger partial charge in [0.25, 0.3) is 0 Å². The normalized spacial score (nSPS) is 27.2. The highest BCUT2D eigenvalue weighted by Crippen LogP contribution is 2.30. The summed E-state index contributed by atoms with van der Waals surface area (Å²) in [6.45, 7) is 4.64. The Bertz CT molecular complexity index is 121. The first-order valence-electron chi connectivity index (χ1n) is 5.67. The summed E-state index contributed by atoms with van der Waals surface area (Å²) < 4.78 is 0. The van der Waals surface area contributed by atoms with E-state index in [9.17, 15) is 0 Å². The Labute approximate surface area is 87.2 Å². The molecule has 0 amide bonds. The van der Waals surface area contributed by atoms with Crippen molar-refractivity contribution in [3.63, 3.8) is 0 Å². The van der Waals surface area contributed by atoms with E-state index in [2.05, 4.69) is 12.2 Å². The van der Waals surface area contributed by atoms with Gasteiger partial charge in [0.15, 0.2) is 0 Å². The summed E-state index contributed by atoms with van der Waals surface area (Å²) in [6.07, 6.45) is 7.88. The molecule has 1 saturated carbocycles. The molecular weight excluding hydrogens is 182 g/mol. The highest BCUT2D eigenvalue weighted by atomic mass is 35.5. The Kier molecular flexibility index (Phi) is 5.81. The predicted octanol–water partition coefficient (Wildman–Crippen LogP) is 3.17. The SMILES string of the molecule is CCCCCCNCC1CC(Cl)C1. The zero-order valence-corrected chi connectivity index (χ0v) is 9.45. The highest BCUT2D eigenvalue weighted by Gasteiger charge is 2.26. The minimum Gasteiger partial charge on any atom is -0.316 e. The van der Waals surface area contributed by atoms with Crippen molar-refractivity contribution < 1.29 is 0 Å². The lowest BCUT2D eigenvalue weighted by atomic mass is 9.85. The third-order valence-corrected chi connectivity index (χ3v) is 3.17. The molecule has 0 radical (unpaired) electrons. The molecule has 1 N–H and O–H groups in total. The molecule has 0 aliphatic heterocycles. The number of hydrogen-bond donors (Lipinski definition) is 1. The summed E-state index contributed by atoms with van der Waals surface area (Å²) in [5.74, 6) is 0.869. The molecule has 1 rings (SSSR count). The van der Waals surface area contributed by atoms with E-state index in [1.54, 1.807) is 0 Å². The van der Waals surface area contributed by atoms with E-state index in [4.69, 9.17) is 11.6 Å². The summed E-state index contributed by atoms with van der Waals surface area (Å²) >= 11 is 5.90. The second-order valence-electron chi connectivity index (χ2n) is 4.20. The molecule has 1 aliphatic rings. The third-order valence-electron chi connectivity index (χ3n) is 2.82. The molecule has 0 unspecified atom stereocenters. The lowest BCUT2D eigenvalue weighted by Gasteiger charge is -2.30. The maximum Gasteiger partial charge on any atom is 0.0342 e.